The van der Waals surface area contributed by atoms with Crippen LogP contribution in [0.5, 0.6) is 0 Å². The van der Waals surface area contributed by atoms with Gasteiger partial charge in [0.1, 0.15) is 0 Å². The molecule has 0 N–H and O–H groups in total. The molecule has 2 nitrogen and oxygen atoms in total. The highest BCUT2D eigenvalue weighted by Crippen LogP contribution is 2.23. The zero-order chi connectivity index (χ0) is 16.2. The Balaban J connectivity index is 0.000000541. The van der Waals surface area contributed by atoms with E-state index >= 15 is 0 Å². The minimum Gasteiger partial charge on any atom is -0.151 e. The van der Waals surface area contributed by atoms with E-state index in [9.17, 15) is 0 Å². The third kappa shape index (κ3) is 6.66. The summed E-state index contributed by atoms with van der Waals surface area (Å²) >= 11 is 0. The van der Waals surface area contributed by atoms with Crippen LogP contribution in [-0.4, -0.2) is 0 Å². The lowest BCUT2D eigenvalue weighted by Crippen LogP contribution is -1.89. The Bertz CT molecular complexity index is 527. The second kappa shape index (κ2) is 10.7. The molecule has 0 aromatic heterocycles. The maximum absolute atomic E-state index is 4.23. The Hall–Kier alpha value is -1.96. The van der Waals surface area contributed by atoms with E-state index < -0.39 is 0 Å². The lowest BCUT2D eigenvalue weighted by Gasteiger charge is -2.07. The summed E-state index contributed by atoms with van der Waals surface area (Å²) in [7, 11) is 0. The lowest BCUT2D eigenvalue weighted by molar-refractivity contribution is 0.733. The summed E-state index contributed by atoms with van der Waals surface area (Å²) in [5.74, 6) is 0.602. The molecule has 2 aromatic carbocycles. The Morgan fingerprint density at radius 1 is 0.727 bits per heavy atom. The fourth-order valence-corrected chi connectivity index (χ4v) is 1.72. The molecule has 0 saturated carbocycles. The van der Waals surface area contributed by atoms with Crippen LogP contribution in [0.2, 0.25) is 0 Å². The molecule has 22 heavy (non-hydrogen) atoms. The van der Waals surface area contributed by atoms with Gasteiger partial charge in [0.2, 0.25) is 0 Å². The van der Waals surface area contributed by atoms with Gasteiger partial charge in [-0.2, -0.15) is 10.2 Å². The SMILES string of the molecule is CCC(C)c1ccc(N=Nc2ccccc2)cc1.CCCC. The standard InChI is InChI=1S/C16H18N2.C4H10/c1-3-13(2)14-9-11-16(12-10-14)18-17-15-7-5-4-6-8-15;1-3-4-2/h4-13H,3H2,1-2H3;3-4H2,1-2H3. The van der Waals surface area contributed by atoms with Gasteiger partial charge in [-0.15, -0.1) is 0 Å². The second-order valence-corrected chi connectivity index (χ2v) is 5.44. The first-order chi connectivity index (χ1) is 10.7. The predicted octanol–water partition coefficient (Wildman–Crippen LogP) is 7.42. The zero-order valence-corrected chi connectivity index (χ0v) is 14.3. The average molecular weight is 296 g/mol. The average Bonchev–Trinajstić information content (AvgIpc) is 2.61. The summed E-state index contributed by atoms with van der Waals surface area (Å²) < 4.78 is 0. The molecular formula is C20H28N2. The Morgan fingerprint density at radius 2 is 1.23 bits per heavy atom. The molecule has 2 aromatic rings. The summed E-state index contributed by atoms with van der Waals surface area (Å²) in [6, 6.07) is 18.1. The van der Waals surface area contributed by atoms with E-state index in [2.05, 4.69) is 50.1 Å². The molecule has 0 heterocycles. The molecule has 2 rings (SSSR count). The minimum atomic E-state index is 0.602. The Labute approximate surface area is 135 Å². The Kier molecular flexibility index (Phi) is 8.82. The van der Waals surface area contributed by atoms with Crippen molar-refractivity contribution in [2.75, 3.05) is 0 Å². The summed E-state index contributed by atoms with van der Waals surface area (Å²) in [6.45, 7) is 8.80. The van der Waals surface area contributed by atoms with Crippen LogP contribution in [0.1, 0.15) is 58.4 Å². The van der Waals surface area contributed by atoms with E-state index in [0.717, 1.165) is 17.8 Å². The molecule has 0 aliphatic carbocycles. The van der Waals surface area contributed by atoms with E-state index in [1.807, 2.05) is 42.5 Å². The fraction of sp³-hybridized carbons (Fsp3) is 0.400. The third-order valence-electron chi connectivity index (χ3n) is 3.61. The topological polar surface area (TPSA) is 24.7 Å². The summed E-state index contributed by atoms with van der Waals surface area (Å²) in [5, 5.41) is 8.42. The molecule has 0 saturated heterocycles. The van der Waals surface area contributed by atoms with Crippen LogP contribution in [0, 0.1) is 0 Å². The van der Waals surface area contributed by atoms with Gasteiger partial charge < -0.3 is 0 Å². The number of hydrogen-bond donors (Lipinski definition) is 0. The largest absolute Gasteiger partial charge is 0.151 e. The summed E-state index contributed by atoms with van der Waals surface area (Å²) in [4.78, 5) is 0. The number of benzene rings is 2. The van der Waals surface area contributed by atoms with Gasteiger partial charge in [-0.25, -0.2) is 0 Å². The molecule has 1 atom stereocenters. The number of rotatable bonds is 5. The fourth-order valence-electron chi connectivity index (χ4n) is 1.72. The Morgan fingerprint density at radius 3 is 1.68 bits per heavy atom. The molecule has 0 bridgehead atoms. The first-order valence-electron chi connectivity index (χ1n) is 8.27. The first kappa shape index (κ1) is 18.1. The van der Waals surface area contributed by atoms with Crippen molar-refractivity contribution in [2.45, 2.75) is 52.9 Å². The molecule has 2 heteroatoms. The van der Waals surface area contributed by atoms with Gasteiger partial charge in [0, 0.05) is 0 Å². The number of nitrogens with zero attached hydrogens (tertiary/aromatic N) is 2. The highest BCUT2D eigenvalue weighted by molar-refractivity contribution is 5.41. The second-order valence-electron chi connectivity index (χ2n) is 5.44. The monoisotopic (exact) mass is 296 g/mol. The van der Waals surface area contributed by atoms with Crippen LogP contribution in [0.4, 0.5) is 11.4 Å². The molecule has 0 amide bonds. The van der Waals surface area contributed by atoms with Gasteiger partial charge >= 0.3 is 0 Å². The van der Waals surface area contributed by atoms with Gasteiger partial charge in [0.25, 0.3) is 0 Å². The maximum atomic E-state index is 4.23. The van der Waals surface area contributed by atoms with Crippen LogP contribution < -0.4 is 0 Å². The van der Waals surface area contributed by atoms with Crippen molar-refractivity contribution >= 4 is 11.4 Å². The van der Waals surface area contributed by atoms with Crippen molar-refractivity contribution < 1.29 is 0 Å². The maximum Gasteiger partial charge on any atom is 0.0857 e. The molecule has 0 fully saturated rings. The zero-order valence-electron chi connectivity index (χ0n) is 14.3. The van der Waals surface area contributed by atoms with E-state index in [-0.39, 0.29) is 0 Å². The highest BCUT2D eigenvalue weighted by atomic mass is 15.1. The molecule has 0 radical (unpaired) electrons. The quantitative estimate of drug-likeness (QED) is 0.513. The van der Waals surface area contributed by atoms with Crippen LogP contribution in [0.25, 0.3) is 0 Å². The third-order valence-corrected chi connectivity index (χ3v) is 3.61. The molecule has 0 aliphatic heterocycles. The van der Waals surface area contributed by atoms with Gasteiger partial charge in [-0.05, 0) is 42.2 Å². The van der Waals surface area contributed by atoms with E-state index in [0.29, 0.717) is 5.92 Å². The number of unbranched alkanes of at least 4 members (excludes halogenated alkanes) is 1. The van der Waals surface area contributed by atoms with Crippen LogP contribution in [0.3, 0.4) is 0 Å². The highest BCUT2D eigenvalue weighted by Gasteiger charge is 2.01. The van der Waals surface area contributed by atoms with Crippen LogP contribution in [0.15, 0.2) is 64.8 Å². The predicted molar refractivity (Wildman–Crippen MR) is 96.3 cm³/mol. The van der Waals surface area contributed by atoms with Crippen molar-refractivity contribution in [3.8, 4) is 0 Å². The van der Waals surface area contributed by atoms with Gasteiger partial charge in [0.05, 0.1) is 11.4 Å². The summed E-state index contributed by atoms with van der Waals surface area (Å²) in [6.07, 6.45) is 3.80. The number of azo groups is 1. The van der Waals surface area contributed by atoms with Crippen molar-refractivity contribution in [1.82, 2.24) is 0 Å². The van der Waals surface area contributed by atoms with Crippen molar-refractivity contribution in [1.29, 1.82) is 0 Å². The van der Waals surface area contributed by atoms with Crippen molar-refractivity contribution in [3.05, 3.63) is 60.2 Å². The molecular weight excluding hydrogens is 268 g/mol. The van der Waals surface area contributed by atoms with Crippen molar-refractivity contribution in [2.24, 2.45) is 10.2 Å². The minimum absolute atomic E-state index is 0.602. The first-order valence-corrected chi connectivity index (χ1v) is 8.27. The van der Waals surface area contributed by atoms with Crippen LogP contribution in [-0.2, 0) is 0 Å². The van der Waals surface area contributed by atoms with Gasteiger partial charge in [0.15, 0.2) is 0 Å². The molecule has 0 spiro atoms. The van der Waals surface area contributed by atoms with E-state index in [1.54, 1.807) is 0 Å². The normalized spacial score (nSPS) is 11.8. The van der Waals surface area contributed by atoms with Gasteiger partial charge in [-0.1, -0.05) is 70.9 Å². The molecule has 118 valence electrons. The number of hydrogen-bond acceptors (Lipinski definition) is 2. The van der Waals surface area contributed by atoms with Gasteiger partial charge in [-0.3, -0.25) is 0 Å². The molecule has 1 unspecified atom stereocenters. The lowest BCUT2D eigenvalue weighted by atomic mass is 9.99. The van der Waals surface area contributed by atoms with E-state index in [4.69, 9.17) is 0 Å². The van der Waals surface area contributed by atoms with Crippen LogP contribution >= 0.6 is 0 Å². The smallest absolute Gasteiger partial charge is 0.0857 e. The van der Waals surface area contributed by atoms with E-state index in [1.165, 1.54) is 18.4 Å². The summed E-state index contributed by atoms with van der Waals surface area (Å²) in [5.41, 5.74) is 3.13. The molecule has 0 aliphatic rings. The van der Waals surface area contributed by atoms with Crippen molar-refractivity contribution in [3.63, 3.8) is 0 Å².